The zero-order valence-corrected chi connectivity index (χ0v) is 15.5. The van der Waals surface area contributed by atoms with E-state index in [1.165, 1.54) is 0 Å². The maximum Gasteiger partial charge on any atom is 0.253 e. The number of para-hydroxylation sites is 1. The summed E-state index contributed by atoms with van der Waals surface area (Å²) in [5, 5.41) is 5.49. The molecule has 0 radical (unpaired) electrons. The van der Waals surface area contributed by atoms with Crippen LogP contribution in [0.3, 0.4) is 0 Å². The molecule has 0 aliphatic rings. The molecule has 4 N–H and O–H groups in total. The zero-order valence-electron chi connectivity index (χ0n) is 14.7. The highest BCUT2D eigenvalue weighted by Gasteiger charge is 2.13. The van der Waals surface area contributed by atoms with Crippen molar-refractivity contribution in [1.29, 1.82) is 0 Å². The van der Waals surface area contributed by atoms with Crippen LogP contribution in [-0.2, 0) is 11.2 Å². The predicted molar refractivity (Wildman–Crippen MR) is 105 cm³/mol. The minimum atomic E-state index is -0.262. The Kier molecular flexibility index (Phi) is 9.19. The molecule has 2 aromatic carbocycles. The number of nitrogens with one attached hydrogen (secondary N) is 2. The first-order chi connectivity index (χ1) is 12.1. The van der Waals surface area contributed by atoms with Crippen LogP contribution in [0.25, 0.3) is 0 Å². The smallest absolute Gasteiger partial charge is 0.253 e. The Hall–Kier alpha value is -2.57. The molecule has 0 bridgehead atoms. The van der Waals surface area contributed by atoms with Gasteiger partial charge in [-0.2, -0.15) is 0 Å². The third-order valence-electron chi connectivity index (χ3n) is 3.47. The summed E-state index contributed by atoms with van der Waals surface area (Å²) >= 11 is 0. The van der Waals surface area contributed by atoms with Gasteiger partial charge in [-0.25, -0.2) is 0 Å². The van der Waals surface area contributed by atoms with Gasteiger partial charge < -0.3 is 21.1 Å². The summed E-state index contributed by atoms with van der Waals surface area (Å²) in [6.45, 7) is 3.26. The van der Waals surface area contributed by atoms with Crippen molar-refractivity contribution in [3.05, 3.63) is 59.7 Å². The van der Waals surface area contributed by atoms with Crippen LogP contribution in [0.4, 0.5) is 5.69 Å². The van der Waals surface area contributed by atoms with Crippen LogP contribution in [0.5, 0.6) is 5.75 Å². The minimum Gasteiger partial charge on any atom is -0.494 e. The van der Waals surface area contributed by atoms with Gasteiger partial charge in [-0.05, 0) is 36.8 Å². The van der Waals surface area contributed by atoms with Gasteiger partial charge in [0, 0.05) is 13.1 Å². The minimum absolute atomic E-state index is 0. The van der Waals surface area contributed by atoms with Crippen molar-refractivity contribution in [3.8, 4) is 5.75 Å². The van der Waals surface area contributed by atoms with Crippen molar-refractivity contribution in [2.75, 3.05) is 25.0 Å². The third kappa shape index (κ3) is 6.38. The molecule has 0 spiro atoms. The van der Waals surface area contributed by atoms with Crippen LogP contribution in [0.1, 0.15) is 22.8 Å². The van der Waals surface area contributed by atoms with Crippen molar-refractivity contribution in [2.24, 2.45) is 5.73 Å². The summed E-state index contributed by atoms with van der Waals surface area (Å²) in [7, 11) is 0. The quantitative estimate of drug-likeness (QED) is 0.658. The molecule has 0 aromatic heterocycles. The number of amides is 2. The average molecular weight is 378 g/mol. The first-order valence-corrected chi connectivity index (χ1v) is 8.23. The molecule has 140 valence electrons. The van der Waals surface area contributed by atoms with Crippen LogP contribution in [0, 0.1) is 0 Å². The fraction of sp³-hybridized carbons (Fsp3) is 0.263. The lowest BCUT2D eigenvalue weighted by atomic mass is 10.1. The standard InChI is InChI=1S/C19H23N3O3.ClH/c1-2-25-15-9-7-14(8-10-15)13-18(23)22-17-6-4-3-5-16(17)19(24)21-12-11-20;/h3-10H,2,11-13,20H2,1H3,(H,21,24)(H,22,23);1H. The second-order valence-corrected chi connectivity index (χ2v) is 5.39. The average Bonchev–Trinajstić information content (AvgIpc) is 2.62. The molecular formula is C19H24ClN3O3. The van der Waals surface area contributed by atoms with Crippen molar-refractivity contribution >= 4 is 29.9 Å². The van der Waals surface area contributed by atoms with Gasteiger partial charge in [0.15, 0.2) is 0 Å². The molecule has 0 aliphatic heterocycles. The highest BCUT2D eigenvalue weighted by molar-refractivity contribution is 6.04. The van der Waals surface area contributed by atoms with Gasteiger partial charge in [-0.15, -0.1) is 12.4 Å². The number of ether oxygens (including phenoxy) is 1. The van der Waals surface area contributed by atoms with Gasteiger partial charge in [0.1, 0.15) is 5.75 Å². The lowest BCUT2D eigenvalue weighted by Gasteiger charge is -2.11. The van der Waals surface area contributed by atoms with Gasteiger partial charge >= 0.3 is 0 Å². The number of carbonyl (C=O) groups is 2. The third-order valence-corrected chi connectivity index (χ3v) is 3.47. The number of nitrogens with two attached hydrogens (primary N) is 1. The zero-order chi connectivity index (χ0) is 18.1. The van der Waals surface area contributed by atoms with E-state index in [1.807, 2.05) is 31.2 Å². The maximum atomic E-state index is 12.3. The van der Waals surface area contributed by atoms with Crippen molar-refractivity contribution < 1.29 is 14.3 Å². The molecule has 0 aliphatic carbocycles. The van der Waals surface area contributed by atoms with Gasteiger partial charge in [-0.1, -0.05) is 24.3 Å². The van der Waals surface area contributed by atoms with Crippen molar-refractivity contribution in [2.45, 2.75) is 13.3 Å². The molecule has 0 atom stereocenters. The summed E-state index contributed by atoms with van der Waals surface area (Å²) in [5.74, 6) is 0.319. The molecular weight excluding hydrogens is 354 g/mol. The molecule has 6 nitrogen and oxygen atoms in total. The number of anilines is 1. The Labute approximate surface area is 159 Å². The van der Waals surface area contributed by atoms with Crippen LogP contribution >= 0.6 is 12.4 Å². The van der Waals surface area contributed by atoms with E-state index in [4.69, 9.17) is 10.5 Å². The molecule has 2 aromatic rings. The van der Waals surface area contributed by atoms with E-state index in [1.54, 1.807) is 24.3 Å². The topological polar surface area (TPSA) is 93.4 Å². The molecule has 0 saturated carbocycles. The molecule has 26 heavy (non-hydrogen) atoms. The van der Waals surface area contributed by atoms with Crippen LogP contribution in [-0.4, -0.2) is 31.5 Å². The molecule has 2 amide bonds. The number of rotatable bonds is 8. The summed E-state index contributed by atoms with van der Waals surface area (Å²) in [6.07, 6.45) is 0.213. The maximum absolute atomic E-state index is 12.3. The van der Waals surface area contributed by atoms with Gasteiger partial charge in [0.05, 0.1) is 24.3 Å². The van der Waals surface area contributed by atoms with Crippen molar-refractivity contribution in [1.82, 2.24) is 5.32 Å². The van der Waals surface area contributed by atoms with E-state index >= 15 is 0 Å². The van der Waals surface area contributed by atoms with E-state index < -0.39 is 0 Å². The Morgan fingerprint density at radius 1 is 1.08 bits per heavy atom. The predicted octanol–water partition coefficient (Wildman–Crippen LogP) is 2.38. The van der Waals surface area contributed by atoms with E-state index in [9.17, 15) is 9.59 Å². The summed E-state index contributed by atoms with van der Waals surface area (Å²) in [6, 6.07) is 14.3. The van der Waals surface area contributed by atoms with Gasteiger partial charge in [0.2, 0.25) is 5.91 Å². The van der Waals surface area contributed by atoms with E-state index in [2.05, 4.69) is 10.6 Å². The fourth-order valence-electron chi connectivity index (χ4n) is 2.32. The number of carbonyl (C=O) groups excluding carboxylic acids is 2. The van der Waals surface area contributed by atoms with E-state index in [-0.39, 0.29) is 30.6 Å². The van der Waals surface area contributed by atoms with Crippen LogP contribution in [0.2, 0.25) is 0 Å². The second kappa shape index (κ2) is 11.1. The molecule has 0 heterocycles. The summed E-state index contributed by atoms with van der Waals surface area (Å²) in [5.41, 5.74) is 7.15. The molecule has 0 saturated heterocycles. The summed E-state index contributed by atoms with van der Waals surface area (Å²) in [4.78, 5) is 24.4. The van der Waals surface area contributed by atoms with Crippen LogP contribution in [0.15, 0.2) is 48.5 Å². The summed E-state index contributed by atoms with van der Waals surface area (Å²) < 4.78 is 5.38. The number of halogens is 1. The normalized spacial score (nSPS) is 9.77. The highest BCUT2D eigenvalue weighted by Crippen LogP contribution is 2.16. The van der Waals surface area contributed by atoms with E-state index in [0.717, 1.165) is 11.3 Å². The number of hydrogen-bond donors (Lipinski definition) is 3. The first-order valence-electron chi connectivity index (χ1n) is 8.23. The van der Waals surface area contributed by atoms with Crippen molar-refractivity contribution in [3.63, 3.8) is 0 Å². The van der Waals surface area contributed by atoms with Gasteiger partial charge in [0.25, 0.3) is 5.91 Å². The number of benzene rings is 2. The van der Waals surface area contributed by atoms with E-state index in [0.29, 0.717) is 30.9 Å². The molecule has 0 fully saturated rings. The Morgan fingerprint density at radius 2 is 1.77 bits per heavy atom. The number of hydrogen-bond acceptors (Lipinski definition) is 4. The molecule has 7 heteroatoms. The second-order valence-electron chi connectivity index (χ2n) is 5.39. The van der Waals surface area contributed by atoms with Crippen LogP contribution < -0.4 is 21.1 Å². The Bertz CT molecular complexity index is 720. The molecule has 0 unspecified atom stereocenters. The fourth-order valence-corrected chi connectivity index (χ4v) is 2.32. The highest BCUT2D eigenvalue weighted by atomic mass is 35.5. The Balaban J connectivity index is 0.00000338. The molecule has 2 rings (SSSR count). The largest absolute Gasteiger partial charge is 0.494 e. The van der Waals surface area contributed by atoms with Gasteiger partial charge in [-0.3, -0.25) is 9.59 Å². The SMILES string of the molecule is CCOc1ccc(CC(=O)Nc2ccccc2C(=O)NCCN)cc1.Cl. The lowest BCUT2D eigenvalue weighted by molar-refractivity contribution is -0.115. The monoisotopic (exact) mass is 377 g/mol. The lowest BCUT2D eigenvalue weighted by Crippen LogP contribution is -2.30. The first kappa shape index (κ1) is 21.5. The Morgan fingerprint density at radius 3 is 2.42 bits per heavy atom.